The molecule has 0 fully saturated rings. The molecule has 0 spiro atoms. The third kappa shape index (κ3) is 4.39. The minimum atomic E-state index is 0.201. The fourth-order valence-corrected chi connectivity index (χ4v) is 2.88. The van der Waals surface area contributed by atoms with E-state index >= 15 is 0 Å². The molecule has 3 heteroatoms. The molecule has 0 aliphatic heterocycles. The summed E-state index contributed by atoms with van der Waals surface area (Å²) in [6, 6.07) is 9.35. The van der Waals surface area contributed by atoms with E-state index in [-0.39, 0.29) is 5.41 Å². The number of rotatable bonds is 5. The molecule has 0 amide bonds. The maximum absolute atomic E-state index is 4.73. The summed E-state index contributed by atoms with van der Waals surface area (Å²) < 4.78 is 0. The Kier molecular flexibility index (Phi) is 5.17. The van der Waals surface area contributed by atoms with Crippen LogP contribution in [-0.2, 0) is 12.0 Å². The van der Waals surface area contributed by atoms with Gasteiger partial charge in [-0.2, -0.15) is 0 Å². The molecule has 0 bridgehead atoms. The molecule has 0 saturated carbocycles. The average Bonchev–Trinajstić information content (AvgIpc) is 2.93. The van der Waals surface area contributed by atoms with Crippen LogP contribution in [0.3, 0.4) is 0 Å². The van der Waals surface area contributed by atoms with Crippen molar-refractivity contribution >= 4 is 11.3 Å². The Labute approximate surface area is 132 Å². The number of aromatic nitrogens is 1. The van der Waals surface area contributed by atoms with Gasteiger partial charge < -0.3 is 5.32 Å². The van der Waals surface area contributed by atoms with E-state index in [9.17, 15) is 0 Å². The molecule has 0 saturated heterocycles. The zero-order valence-electron chi connectivity index (χ0n) is 13.7. The van der Waals surface area contributed by atoms with Gasteiger partial charge in [-0.15, -0.1) is 11.3 Å². The topological polar surface area (TPSA) is 24.9 Å². The van der Waals surface area contributed by atoms with Gasteiger partial charge in [0.25, 0.3) is 0 Å². The molecule has 1 unspecified atom stereocenters. The minimum Gasteiger partial charge on any atom is -0.309 e. The van der Waals surface area contributed by atoms with Crippen molar-refractivity contribution in [1.82, 2.24) is 10.3 Å². The van der Waals surface area contributed by atoms with Crippen LogP contribution in [0.15, 0.2) is 29.6 Å². The third-order valence-corrected chi connectivity index (χ3v) is 4.73. The Morgan fingerprint density at radius 3 is 2.43 bits per heavy atom. The average molecular weight is 302 g/mol. The number of nitrogens with zero attached hydrogens (tertiary/aromatic N) is 1. The van der Waals surface area contributed by atoms with E-state index in [4.69, 9.17) is 4.98 Å². The molecule has 21 heavy (non-hydrogen) atoms. The van der Waals surface area contributed by atoms with Crippen molar-refractivity contribution in [1.29, 1.82) is 0 Å². The van der Waals surface area contributed by atoms with Crippen molar-refractivity contribution in [3.8, 4) is 10.6 Å². The van der Waals surface area contributed by atoms with Gasteiger partial charge >= 0.3 is 0 Å². The number of hydrogen-bond donors (Lipinski definition) is 1. The van der Waals surface area contributed by atoms with E-state index in [2.05, 4.69) is 69.6 Å². The van der Waals surface area contributed by atoms with Crippen LogP contribution in [0.5, 0.6) is 0 Å². The monoisotopic (exact) mass is 302 g/mol. The second-order valence-corrected chi connectivity index (χ2v) is 7.52. The lowest BCUT2D eigenvalue weighted by atomic mass is 9.87. The van der Waals surface area contributed by atoms with Crippen LogP contribution in [0, 0.1) is 0 Å². The molecule has 1 N–H and O–H groups in total. The first-order valence-corrected chi connectivity index (χ1v) is 8.57. The van der Waals surface area contributed by atoms with Crippen molar-refractivity contribution in [3.05, 3.63) is 40.9 Å². The van der Waals surface area contributed by atoms with Crippen LogP contribution in [0.2, 0.25) is 0 Å². The summed E-state index contributed by atoms with van der Waals surface area (Å²) >= 11 is 1.72. The summed E-state index contributed by atoms with van der Waals surface area (Å²) in [7, 11) is 0. The van der Waals surface area contributed by atoms with E-state index < -0.39 is 0 Å². The minimum absolute atomic E-state index is 0.201. The fourth-order valence-electron chi connectivity index (χ4n) is 2.06. The van der Waals surface area contributed by atoms with E-state index in [1.165, 1.54) is 11.1 Å². The summed E-state index contributed by atoms with van der Waals surface area (Å²) in [5, 5.41) is 6.75. The largest absolute Gasteiger partial charge is 0.309 e. The number of nitrogens with one attached hydrogen (secondary N) is 1. The van der Waals surface area contributed by atoms with Crippen LogP contribution in [0.1, 0.15) is 52.3 Å². The molecule has 114 valence electrons. The first-order chi connectivity index (χ1) is 9.90. The number of hydrogen-bond acceptors (Lipinski definition) is 3. The lowest BCUT2D eigenvalue weighted by molar-refractivity contribution is 0.530. The Balaban J connectivity index is 2.07. The van der Waals surface area contributed by atoms with Gasteiger partial charge in [-0.05, 0) is 24.3 Å². The summed E-state index contributed by atoms with van der Waals surface area (Å²) in [4.78, 5) is 4.73. The maximum Gasteiger partial charge on any atom is 0.123 e. The molecule has 2 aromatic rings. The van der Waals surface area contributed by atoms with Gasteiger partial charge in [-0.3, -0.25) is 0 Å². The predicted molar refractivity (Wildman–Crippen MR) is 92.8 cm³/mol. The first-order valence-electron chi connectivity index (χ1n) is 7.69. The lowest BCUT2D eigenvalue weighted by Crippen LogP contribution is -2.24. The standard InChI is InChI=1S/C18H26N2S/c1-6-13(2)19-11-16-12-21-17(20-16)14-7-9-15(10-8-14)18(3,4)5/h7-10,12-13,19H,6,11H2,1-5H3. The molecule has 1 atom stereocenters. The highest BCUT2D eigenvalue weighted by Crippen LogP contribution is 2.28. The molecule has 2 rings (SSSR count). The maximum atomic E-state index is 4.73. The predicted octanol–water partition coefficient (Wildman–Crippen LogP) is 5.00. The fraction of sp³-hybridized carbons (Fsp3) is 0.500. The van der Waals surface area contributed by atoms with Crippen LogP contribution >= 0.6 is 11.3 Å². The van der Waals surface area contributed by atoms with Crippen molar-refractivity contribution in [3.63, 3.8) is 0 Å². The lowest BCUT2D eigenvalue weighted by Gasteiger charge is -2.18. The summed E-state index contributed by atoms with van der Waals surface area (Å²) in [6.07, 6.45) is 1.14. The van der Waals surface area contributed by atoms with Crippen molar-refractivity contribution in [2.75, 3.05) is 0 Å². The third-order valence-electron chi connectivity index (χ3n) is 3.79. The quantitative estimate of drug-likeness (QED) is 0.841. The van der Waals surface area contributed by atoms with Crippen LogP contribution < -0.4 is 5.32 Å². The Bertz CT molecular complexity index is 564. The first kappa shape index (κ1) is 16.2. The number of thiazole rings is 1. The normalized spacial score (nSPS) is 13.4. The van der Waals surface area contributed by atoms with E-state index in [1.54, 1.807) is 11.3 Å². The molecule has 0 aliphatic rings. The second kappa shape index (κ2) is 6.71. The van der Waals surface area contributed by atoms with Crippen molar-refractivity contribution < 1.29 is 0 Å². The van der Waals surface area contributed by atoms with E-state index in [0.29, 0.717) is 6.04 Å². The molecule has 0 aliphatic carbocycles. The van der Waals surface area contributed by atoms with Gasteiger partial charge in [0.1, 0.15) is 5.01 Å². The van der Waals surface area contributed by atoms with Crippen LogP contribution in [0.25, 0.3) is 10.6 Å². The highest BCUT2D eigenvalue weighted by atomic mass is 32.1. The molecule has 0 radical (unpaired) electrons. The molecular formula is C18H26N2S. The van der Waals surface area contributed by atoms with Gasteiger partial charge in [-0.25, -0.2) is 4.98 Å². The van der Waals surface area contributed by atoms with Crippen LogP contribution in [-0.4, -0.2) is 11.0 Å². The highest BCUT2D eigenvalue weighted by Gasteiger charge is 2.13. The Morgan fingerprint density at radius 1 is 1.19 bits per heavy atom. The molecular weight excluding hydrogens is 276 g/mol. The number of benzene rings is 1. The Hall–Kier alpha value is -1.19. The van der Waals surface area contributed by atoms with E-state index in [0.717, 1.165) is 23.7 Å². The second-order valence-electron chi connectivity index (χ2n) is 6.66. The molecule has 1 heterocycles. The Morgan fingerprint density at radius 2 is 1.86 bits per heavy atom. The van der Waals surface area contributed by atoms with Gasteiger partial charge in [0.2, 0.25) is 0 Å². The summed E-state index contributed by atoms with van der Waals surface area (Å²) in [6.45, 7) is 12.0. The highest BCUT2D eigenvalue weighted by molar-refractivity contribution is 7.13. The van der Waals surface area contributed by atoms with Gasteiger partial charge in [0.05, 0.1) is 5.69 Å². The zero-order chi connectivity index (χ0) is 15.5. The van der Waals surface area contributed by atoms with E-state index in [1.807, 2.05) is 0 Å². The zero-order valence-corrected chi connectivity index (χ0v) is 14.6. The van der Waals surface area contributed by atoms with Gasteiger partial charge in [-0.1, -0.05) is 52.0 Å². The molecule has 1 aromatic heterocycles. The summed E-state index contributed by atoms with van der Waals surface area (Å²) in [5.41, 5.74) is 3.91. The summed E-state index contributed by atoms with van der Waals surface area (Å²) in [5.74, 6) is 0. The van der Waals surface area contributed by atoms with Gasteiger partial charge in [0, 0.05) is 23.5 Å². The van der Waals surface area contributed by atoms with Crippen molar-refractivity contribution in [2.24, 2.45) is 0 Å². The molecule has 2 nitrogen and oxygen atoms in total. The smallest absolute Gasteiger partial charge is 0.123 e. The van der Waals surface area contributed by atoms with Gasteiger partial charge in [0.15, 0.2) is 0 Å². The molecule has 1 aromatic carbocycles. The SMILES string of the molecule is CCC(C)NCc1csc(-c2ccc(C(C)(C)C)cc2)n1. The van der Waals surface area contributed by atoms with Crippen molar-refractivity contribution in [2.45, 2.75) is 59.0 Å². The van der Waals surface area contributed by atoms with Crippen LogP contribution in [0.4, 0.5) is 0 Å².